The van der Waals surface area contributed by atoms with E-state index in [1.165, 1.54) is 0 Å². The number of amidine groups is 1. The van der Waals surface area contributed by atoms with Crippen molar-refractivity contribution in [1.82, 2.24) is 10.2 Å². The number of hydrogen-bond donors (Lipinski definition) is 3. The molecule has 0 radical (unpaired) electrons. The normalized spacial score (nSPS) is 11.4. The minimum absolute atomic E-state index is 0.0388. The third kappa shape index (κ3) is 3.16. The Hall–Kier alpha value is -1.69. The molecule has 4 N–H and O–H groups in total. The highest BCUT2D eigenvalue weighted by atomic mass is 16.3. The van der Waals surface area contributed by atoms with Gasteiger partial charge in [0.1, 0.15) is 5.84 Å². The molecule has 1 heterocycles. The highest BCUT2D eigenvalue weighted by molar-refractivity contribution is 6.01. The number of rotatable bonds is 4. The Balaban J connectivity index is 3.24. The molecular formula is C12H21N5O. The molecule has 6 heteroatoms. The summed E-state index contributed by atoms with van der Waals surface area (Å²) in [6.07, 6.45) is 0. The van der Waals surface area contributed by atoms with E-state index in [0.717, 1.165) is 11.3 Å². The number of anilines is 1. The van der Waals surface area contributed by atoms with Crippen molar-refractivity contribution in [3.05, 3.63) is 16.8 Å². The Kier molecular flexibility index (Phi) is 3.91. The molecule has 1 aromatic heterocycles. The third-order valence-electron chi connectivity index (χ3n) is 2.69. The highest BCUT2D eigenvalue weighted by Gasteiger charge is 2.21. The largest absolute Gasteiger partial charge is 0.389 e. The van der Waals surface area contributed by atoms with Gasteiger partial charge in [-0.15, -0.1) is 5.10 Å². The molecule has 0 aliphatic carbocycles. The molecule has 0 aromatic carbocycles. The first kappa shape index (κ1) is 14.4. The predicted octanol–water partition coefficient (Wildman–Crippen LogP) is 0.585. The Morgan fingerprint density at radius 2 is 1.94 bits per heavy atom. The summed E-state index contributed by atoms with van der Waals surface area (Å²) in [7, 11) is 1.79. The van der Waals surface area contributed by atoms with Crippen LogP contribution in [0, 0.1) is 19.3 Å². The fourth-order valence-corrected chi connectivity index (χ4v) is 1.84. The molecule has 0 spiro atoms. The zero-order valence-corrected chi connectivity index (χ0v) is 11.6. The summed E-state index contributed by atoms with van der Waals surface area (Å²) in [5.41, 5.74) is 6.93. The summed E-state index contributed by atoms with van der Waals surface area (Å²) in [5.74, 6) is 0.482. The van der Waals surface area contributed by atoms with Crippen molar-refractivity contribution in [1.29, 1.82) is 5.41 Å². The summed E-state index contributed by atoms with van der Waals surface area (Å²) >= 11 is 0. The summed E-state index contributed by atoms with van der Waals surface area (Å²) in [6.45, 7) is 7.50. The van der Waals surface area contributed by atoms with E-state index in [2.05, 4.69) is 10.2 Å². The van der Waals surface area contributed by atoms with Crippen LogP contribution in [-0.4, -0.2) is 40.3 Å². The molecule has 1 aromatic rings. The van der Waals surface area contributed by atoms with Crippen LogP contribution >= 0.6 is 0 Å². The lowest BCUT2D eigenvalue weighted by molar-refractivity contribution is 0.0884. The second-order valence-electron chi connectivity index (χ2n) is 5.19. The van der Waals surface area contributed by atoms with Crippen LogP contribution in [0.25, 0.3) is 0 Å². The van der Waals surface area contributed by atoms with Crippen LogP contribution in [0.4, 0.5) is 5.82 Å². The Morgan fingerprint density at radius 3 is 2.39 bits per heavy atom. The minimum Gasteiger partial charge on any atom is -0.389 e. The van der Waals surface area contributed by atoms with Crippen molar-refractivity contribution in [3.63, 3.8) is 0 Å². The number of nitrogen functional groups attached to an aromatic ring is 1. The number of nitrogens with two attached hydrogens (primary N) is 1. The van der Waals surface area contributed by atoms with Gasteiger partial charge in [-0.05, 0) is 33.3 Å². The van der Waals surface area contributed by atoms with Gasteiger partial charge in [0.25, 0.3) is 0 Å². The number of nitrogens with one attached hydrogen (secondary N) is 1. The van der Waals surface area contributed by atoms with Crippen LogP contribution in [0.1, 0.15) is 30.7 Å². The molecule has 0 saturated heterocycles. The zero-order valence-electron chi connectivity index (χ0n) is 11.6. The fourth-order valence-electron chi connectivity index (χ4n) is 1.84. The Labute approximate surface area is 107 Å². The second kappa shape index (κ2) is 4.89. The van der Waals surface area contributed by atoms with Crippen LogP contribution in [0.3, 0.4) is 0 Å². The van der Waals surface area contributed by atoms with Crippen molar-refractivity contribution < 1.29 is 5.11 Å². The summed E-state index contributed by atoms with van der Waals surface area (Å²) in [4.78, 5) is 1.76. The number of aliphatic hydroxyl groups is 1. The predicted molar refractivity (Wildman–Crippen MR) is 72.1 cm³/mol. The van der Waals surface area contributed by atoms with Crippen molar-refractivity contribution in [2.24, 2.45) is 5.73 Å². The average molecular weight is 251 g/mol. The van der Waals surface area contributed by atoms with E-state index < -0.39 is 5.60 Å². The lowest BCUT2D eigenvalue weighted by atomic mass is 10.1. The van der Waals surface area contributed by atoms with Crippen LogP contribution in [0.5, 0.6) is 0 Å². The molecule has 100 valence electrons. The molecule has 0 bridgehead atoms. The maximum absolute atomic E-state index is 9.83. The van der Waals surface area contributed by atoms with Gasteiger partial charge in [0.05, 0.1) is 16.9 Å². The molecular weight excluding hydrogens is 230 g/mol. The van der Waals surface area contributed by atoms with Crippen LogP contribution in [0.2, 0.25) is 0 Å². The zero-order chi connectivity index (χ0) is 14.1. The number of likely N-dealkylation sites (N-methyl/N-ethyl adjacent to an activating group) is 1. The summed E-state index contributed by atoms with van der Waals surface area (Å²) in [5, 5.41) is 25.6. The number of nitrogens with zero attached hydrogens (tertiary/aromatic N) is 3. The minimum atomic E-state index is -0.858. The van der Waals surface area contributed by atoms with Gasteiger partial charge in [0.15, 0.2) is 5.82 Å². The molecule has 0 aliphatic rings. The van der Waals surface area contributed by atoms with Gasteiger partial charge in [-0.25, -0.2) is 0 Å². The SMILES string of the molecule is Cc1nnc(N(C)CC(C)(C)O)c(C(=N)N)c1C. The summed E-state index contributed by atoms with van der Waals surface area (Å²) < 4.78 is 0. The standard InChI is InChI=1S/C12H21N5O/c1-7-8(2)15-16-11(9(7)10(13)14)17(5)6-12(3,4)18/h18H,6H2,1-5H3,(H3,13,14). The Bertz CT molecular complexity index is 464. The fraction of sp³-hybridized carbons (Fsp3) is 0.583. The second-order valence-corrected chi connectivity index (χ2v) is 5.19. The lowest BCUT2D eigenvalue weighted by Gasteiger charge is -2.28. The molecule has 1 rings (SSSR count). The topological polar surface area (TPSA) is 99.1 Å². The molecule has 0 atom stereocenters. The third-order valence-corrected chi connectivity index (χ3v) is 2.69. The highest BCUT2D eigenvalue weighted by Crippen LogP contribution is 2.21. The molecule has 0 aliphatic heterocycles. The van der Waals surface area contributed by atoms with Gasteiger partial charge in [0.2, 0.25) is 0 Å². The number of hydrogen-bond acceptors (Lipinski definition) is 5. The van der Waals surface area contributed by atoms with Gasteiger partial charge >= 0.3 is 0 Å². The van der Waals surface area contributed by atoms with Gasteiger partial charge in [0, 0.05) is 13.6 Å². The van der Waals surface area contributed by atoms with Gasteiger partial charge in [-0.1, -0.05) is 0 Å². The van der Waals surface area contributed by atoms with E-state index in [1.807, 2.05) is 13.8 Å². The average Bonchev–Trinajstić information content (AvgIpc) is 2.18. The molecule has 0 unspecified atom stereocenters. The monoisotopic (exact) mass is 251 g/mol. The maximum Gasteiger partial charge on any atom is 0.162 e. The first-order valence-corrected chi connectivity index (χ1v) is 5.75. The van der Waals surface area contributed by atoms with Crippen molar-refractivity contribution in [3.8, 4) is 0 Å². The van der Waals surface area contributed by atoms with Gasteiger partial charge in [-0.2, -0.15) is 5.10 Å². The van der Waals surface area contributed by atoms with E-state index >= 15 is 0 Å². The molecule has 6 nitrogen and oxygen atoms in total. The molecule has 18 heavy (non-hydrogen) atoms. The van der Waals surface area contributed by atoms with Crippen LogP contribution in [-0.2, 0) is 0 Å². The van der Waals surface area contributed by atoms with Crippen molar-refractivity contribution >= 4 is 11.7 Å². The van der Waals surface area contributed by atoms with Crippen molar-refractivity contribution in [2.45, 2.75) is 33.3 Å². The molecule has 0 saturated carbocycles. The van der Waals surface area contributed by atoms with Gasteiger partial charge < -0.3 is 15.7 Å². The first-order chi connectivity index (χ1) is 8.13. The maximum atomic E-state index is 9.83. The van der Waals surface area contributed by atoms with Gasteiger partial charge in [-0.3, -0.25) is 5.41 Å². The van der Waals surface area contributed by atoms with E-state index in [9.17, 15) is 5.11 Å². The van der Waals surface area contributed by atoms with Crippen LogP contribution < -0.4 is 10.6 Å². The van der Waals surface area contributed by atoms with E-state index in [-0.39, 0.29) is 5.84 Å². The number of aryl methyl sites for hydroxylation is 1. The lowest BCUT2D eigenvalue weighted by Crippen LogP contribution is -2.38. The quantitative estimate of drug-likeness (QED) is 0.537. The number of aromatic nitrogens is 2. The summed E-state index contributed by atoms with van der Waals surface area (Å²) in [6, 6.07) is 0. The Morgan fingerprint density at radius 1 is 1.39 bits per heavy atom. The van der Waals surface area contributed by atoms with E-state index in [4.69, 9.17) is 11.1 Å². The molecule has 0 amide bonds. The van der Waals surface area contributed by atoms with Crippen molar-refractivity contribution in [2.75, 3.05) is 18.5 Å². The smallest absolute Gasteiger partial charge is 0.162 e. The van der Waals surface area contributed by atoms with E-state index in [0.29, 0.717) is 17.9 Å². The van der Waals surface area contributed by atoms with Crippen LogP contribution in [0.15, 0.2) is 0 Å². The first-order valence-electron chi connectivity index (χ1n) is 5.75. The molecule has 0 fully saturated rings. The van der Waals surface area contributed by atoms with E-state index in [1.54, 1.807) is 25.8 Å².